The Balaban J connectivity index is 1.68. The largest absolute Gasteiger partial charge is 0.456 e. The van der Waals surface area contributed by atoms with E-state index in [1.807, 2.05) is 35.9 Å². The van der Waals surface area contributed by atoms with E-state index in [9.17, 15) is 4.79 Å². The highest BCUT2D eigenvalue weighted by molar-refractivity contribution is 5.89. The van der Waals surface area contributed by atoms with E-state index in [-0.39, 0.29) is 13.2 Å². The van der Waals surface area contributed by atoms with Gasteiger partial charge in [0, 0.05) is 12.4 Å². The Labute approximate surface area is 127 Å². The number of imidazole rings is 1. The first-order valence-corrected chi connectivity index (χ1v) is 6.97. The molecule has 5 heteroatoms. The number of carbonyl (C=O) groups is 1. The topological polar surface area (TPSA) is 63.8 Å². The quantitative estimate of drug-likeness (QED) is 0.751. The minimum Gasteiger partial charge on any atom is -0.456 e. The first kappa shape index (κ1) is 14.3. The molecule has 112 valence electrons. The summed E-state index contributed by atoms with van der Waals surface area (Å²) in [5.74, 6) is -0.405. The highest BCUT2D eigenvalue weighted by atomic mass is 16.5. The Kier molecular flexibility index (Phi) is 3.89. The van der Waals surface area contributed by atoms with E-state index in [0.717, 1.165) is 16.8 Å². The van der Waals surface area contributed by atoms with Gasteiger partial charge in [-0.2, -0.15) is 0 Å². The monoisotopic (exact) mass is 296 g/mol. The molecule has 0 fully saturated rings. The molecule has 0 saturated carbocycles. The van der Waals surface area contributed by atoms with E-state index in [1.54, 1.807) is 24.3 Å². The maximum absolute atomic E-state index is 12.0. The summed E-state index contributed by atoms with van der Waals surface area (Å²) in [6.07, 6.45) is 3.83. The number of ether oxygens (including phenoxy) is 1. The average molecular weight is 296 g/mol. The molecule has 0 amide bonds. The molecule has 0 atom stereocenters. The minimum absolute atomic E-state index is 0.0456. The number of aromatic nitrogens is 2. The van der Waals surface area contributed by atoms with Gasteiger partial charge in [-0.1, -0.05) is 18.2 Å². The van der Waals surface area contributed by atoms with Crippen molar-refractivity contribution < 1.29 is 14.6 Å². The van der Waals surface area contributed by atoms with Crippen LogP contribution in [0.15, 0.2) is 48.8 Å². The summed E-state index contributed by atoms with van der Waals surface area (Å²) in [6, 6.07) is 10.6. The van der Waals surface area contributed by atoms with Crippen molar-refractivity contribution in [3.05, 3.63) is 71.2 Å². The van der Waals surface area contributed by atoms with Crippen molar-refractivity contribution in [3.63, 3.8) is 0 Å². The van der Waals surface area contributed by atoms with Crippen LogP contribution in [0.1, 0.15) is 27.2 Å². The molecule has 2 aromatic heterocycles. The summed E-state index contributed by atoms with van der Waals surface area (Å²) in [4.78, 5) is 16.4. The molecule has 3 rings (SSSR count). The first-order valence-electron chi connectivity index (χ1n) is 6.97. The van der Waals surface area contributed by atoms with Crippen LogP contribution in [0.3, 0.4) is 0 Å². The predicted molar refractivity (Wildman–Crippen MR) is 81.4 cm³/mol. The van der Waals surface area contributed by atoms with E-state index in [1.165, 1.54) is 0 Å². The maximum atomic E-state index is 12.0. The number of fused-ring (bicyclic) bond motifs is 1. The van der Waals surface area contributed by atoms with Crippen molar-refractivity contribution in [2.24, 2.45) is 0 Å². The van der Waals surface area contributed by atoms with Crippen LogP contribution in [0.5, 0.6) is 0 Å². The number of hydrogen-bond acceptors (Lipinski definition) is 4. The Morgan fingerprint density at radius 1 is 1.18 bits per heavy atom. The normalized spacial score (nSPS) is 10.8. The van der Waals surface area contributed by atoms with E-state index in [0.29, 0.717) is 11.3 Å². The zero-order chi connectivity index (χ0) is 15.5. The van der Waals surface area contributed by atoms with Crippen LogP contribution in [0, 0.1) is 6.92 Å². The molecule has 0 spiro atoms. The number of aliphatic hydroxyl groups excluding tert-OH is 1. The number of aliphatic hydroxyl groups is 1. The van der Waals surface area contributed by atoms with E-state index < -0.39 is 5.97 Å². The Morgan fingerprint density at radius 3 is 2.68 bits per heavy atom. The summed E-state index contributed by atoms with van der Waals surface area (Å²) >= 11 is 0. The lowest BCUT2D eigenvalue weighted by Crippen LogP contribution is -2.05. The van der Waals surface area contributed by atoms with Crippen molar-refractivity contribution in [1.29, 1.82) is 0 Å². The van der Waals surface area contributed by atoms with Crippen molar-refractivity contribution in [2.45, 2.75) is 20.1 Å². The number of rotatable bonds is 4. The molecule has 2 heterocycles. The third kappa shape index (κ3) is 2.99. The SMILES string of the molecule is Cc1ccc2nc(COC(=O)c3ccc(CO)cc3)cn2c1. The minimum atomic E-state index is -0.405. The molecule has 0 aliphatic rings. The third-order valence-corrected chi connectivity index (χ3v) is 3.37. The second-order valence-corrected chi connectivity index (χ2v) is 5.14. The summed E-state index contributed by atoms with van der Waals surface area (Å²) < 4.78 is 7.18. The van der Waals surface area contributed by atoms with Gasteiger partial charge in [0.05, 0.1) is 17.9 Å². The Bertz CT molecular complexity index is 806. The lowest BCUT2D eigenvalue weighted by atomic mass is 10.1. The summed E-state index contributed by atoms with van der Waals surface area (Å²) in [6.45, 7) is 2.09. The molecule has 1 N–H and O–H groups in total. The molecule has 22 heavy (non-hydrogen) atoms. The number of pyridine rings is 1. The molecule has 3 aromatic rings. The highest BCUT2D eigenvalue weighted by Gasteiger charge is 2.09. The number of carbonyl (C=O) groups excluding carboxylic acids is 1. The number of esters is 1. The van der Waals surface area contributed by atoms with E-state index in [4.69, 9.17) is 9.84 Å². The van der Waals surface area contributed by atoms with Crippen LogP contribution in [-0.4, -0.2) is 20.5 Å². The fourth-order valence-corrected chi connectivity index (χ4v) is 2.19. The van der Waals surface area contributed by atoms with Gasteiger partial charge >= 0.3 is 5.97 Å². The molecule has 0 unspecified atom stereocenters. The van der Waals surface area contributed by atoms with Gasteiger partial charge in [0.1, 0.15) is 12.3 Å². The summed E-state index contributed by atoms with van der Waals surface area (Å²) in [7, 11) is 0. The Morgan fingerprint density at radius 2 is 1.95 bits per heavy atom. The molecular weight excluding hydrogens is 280 g/mol. The first-order chi connectivity index (χ1) is 10.7. The Hall–Kier alpha value is -2.66. The smallest absolute Gasteiger partial charge is 0.338 e. The molecule has 0 radical (unpaired) electrons. The van der Waals surface area contributed by atoms with Crippen LogP contribution < -0.4 is 0 Å². The van der Waals surface area contributed by atoms with Gasteiger partial charge in [-0.05, 0) is 36.2 Å². The highest BCUT2D eigenvalue weighted by Crippen LogP contribution is 2.10. The number of nitrogens with zero attached hydrogens (tertiary/aromatic N) is 2. The van der Waals surface area contributed by atoms with Gasteiger partial charge in [0.25, 0.3) is 0 Å². The van der Waals surface area contributed by atoms with Crippen LogP contribution in [-0.2, 0) is 18.0 Å². The molecule has 0 bridgehead atoms. The van der Waals surface area contributed by atoms with Crippen LogP contribution in [0.4, 0.5) is 0 Å². The summed E-state index contributed by atoms with van der Waals surface area (Å²) in [5.41, 5.74) is 3.87. The molecule has 0 aliphatic carbocycles. The molecule has 5 nitrogen and oxygen atoms in total. The predicted octanol–water partition coefficient (Wildman–Crippen LogP) is 2.49. The van der Waals surface area contributed by atoms with Gasteiger partial charge in [0.15, 0.2) is 0 Å². The third-order valence-electron chi connectivity index (χ3n) is 3.37. The van der Waals surface area contributed by atoms with Crippen molar-refractivity contribution in [2.75, 3.05) is 0 Å². The second kappa shape index (κ2) is 5.99. The molecule has 0 aliphatic heterocycles. The number of hydrogen-bond donors (Lipinski definition) is 1. The lowest BCUT2D eigenvalue weighted by Gasteiger charge is -2.03. The van der Waals surface area contributed by atoms with Crippen molar-refractivity contribution in [3.8, 4) is 0 Å². The second-order valence-electron chi connectivity index (χ2n) is 5.14. The van der Waals surface area contributed by atoms with Crippen LogP contribution in [0.25, 0.3) is 5.65 Å². The van der Waals surface area contributed by atoms with Gasteiger partial charge in [-0.3, -0.25) is 0 Å². The van der Waals surface area contributed by atoms with Gasteiger partial charge < -0.3 is 14.2 Å². The van der Waals surface area contributed by atoms with Crippen LogP contribution >= 0.6 is 0 Å². The van der Waals surface area contributed by atoms with Crippen molar-refractivity contribution >= 4 is 11.6 Å². The van der Waals surface area contributed by atoms with Gasteiger partial charge in [-0.25, -0.2) is 9.78 Å². The zero-order valence-corrected chi connectivity index (χ0v) is 12.2. The molecular formula is C17H16N2O3. The molecule has 1 aromatic carbocycles. The maximum Gasteiger partial charge on any atom is 0.338 e. The summed E-state index contributed by atoms with van der Waals surface area (Å²) in [5, 5.41) is 8.98. The lowest BCUT2D eigenvalue weighted by molar-refractivity contribution is 0.0468. The number of aryl methyl sites for hydroxylation is 1. The van der Waals surface area contributed by atoms with Crippen molar-refractivity contribution in [1.82, 2.24) is 9.38 Å². The molecule has 0 saturated heterocycles. The fourth-order valence-electron chi connectivity index (χ4n) is 2.19. The zero-order valence-electron chi connectivity index (χ0n) is 12.2. The van der Waals surface area contributed by atoms with E-state index >= 15 is 0 Å². The van der Waals surface area contributed by atoms with Gasteiger partial charge in [-0.15, -0.1) is 0 Å². The fraction of sp³-hybridized carbons (Fsp3) is 0.176. The number of benzene rings is 1. The standard InChI is InChI=1S/C17H16N2O3/c1-12-2-7-16-18-15(9-19(16)8-12)11-22-17(21)14-5-3-13(10-20)4-6-14/h2-9,20H,10-11H2,1H3. The van der Waals surface area contributed by atoms with E-state index in [2.05, 4.69) is 4.98 Å². The van der Waals surface area contributed by atoms with Gasteiger partial charge in [0.2, 0.25) is 0 Å². The average Bonchev–Trinajstić information content (AvgIpc) is 2.94. The van der Waals surface area contributed by atoms with Crippen LogP contribution in [0.2, 0.25) is 0 Å².